The molecule has 21 heavy (non-hydrogen) atoms. The lowest BCUT2D eigenvalue weighted by Crippen LogP contribution is -2.47. The molecule has 1 aliphatic rings. The number of rotatable bonds is 5. The lowest BCUT2D eigenvalue weighted by Gasteiger charge is -2.35. The summed E-state index contributed by atoms with van der Waals surface area (Å²) in [6.07, 6.45) is 2.19. The van der Waals surface area contributed by atoms with Crippen LogP contribution in [0.1, 0.15) is 12.8 Å². The first-order valence-corrected chi connectivity index (χ1v) is 8.00. The number of nitrogens with two attached hydrogens (primary N) is 1. The Kier molecular flexibility index (Phi) is 4.79. The van der Waals surface area contributed by atoms with Gasteiger partial charge in [-0.2, -0.15) is 4.31 Å². The third kappa shape index (κ3) is 3.69. The van der Waals surface area contributed by atoms with Crippen molar-refractivity contribution in [1.29, 1.82) is 0 Å². The van der Waals surface area contributed by atoms with Crippen molar-refractivity contribution in [3.05, 3.63) is 18.3 Å². The summed E-state index contributed by atoms with van der Waals surface area (Å²) < 4.78 is 31.3. The predicted molar refractivity (Wildman–Crippen MR) is 76.9 cm³/mol. The van der Waals surface area contributed by atoms with Gasteiger partial charge in [-0.15, -0.1) is 0 Å². The Hall–Kier alpha value is -1.26. The van der Waals surface area contributed by atoms with E-state index in [1.54, 1.807) is 0 Å². The predicted octanol–water partition coefficient (Wildman–Crippen LogP) is -0.471. The number of nitrogen functional groups attached to an aromatic ring is 1. The Morgan fingerprint density at radius 2 is 2.19 bits per heavy atom. The van der Waals surface area contributed by atoms with Gasteiger partial charge in [-0.25, -0.2) is 19.2 Å². The van der Waals surface area contributed by atoms with Crippen LogP contribution in [0.15, 0.2) is 23.2 Å². The van der Waals surface area contributed by atoms with Gasteiger partial charge in [0.1, 0.15) is 5.82 Å². The van der Waals surface area contributed by atoms with E-state index < -0.39 is 15.6 Å². The number of aliphatic hydroxyl groups is 1. The first-order valence-electron chi connectivity index (χ1n) is 6.56. The highest BCUT2D eigenvalue weighted by Crippen LogP contribution is 2.24. The van der Waals surface area contributed by atoms with Gasteiger partial charge < -0.3 is 15.3 Å². The second-order valence-corrected chi connectivity index (χ2v) is 7.16. The molecule has 1 aromatic rings. The molecule has 0 saturated carbocycles. The minimum absolute atomic E-state index is 0.0202. The summed E-state index contributed by atoms with van der Waals surface area (Å²) in [6, 6.07) is 2.74. The molecule has 4 N–H and O–H groups in total. The average molecular weight is 316 g/mol. The third-order valence-electron chi connectivity index (χ3n) is 3.53. The molecular weight excluding hydrogens is 296 g/mol. The minimum atomic E-state index is -3.71. The van der Waals surface area contributed by atoms with Crippen LogP contribution in [0.2, 0.25) is 0 Å². The van der Waals surface area contributed by atoms with Crippen molar-refractivity contribution in [1.82, 2.24) is 9.29 Å². The van der Waals surface area contributed by atoms with Crippen LogP contribution in [0.5, 0.6) is 0 Å². The molecule has 8 nitrogen and oxygen atoms in total. The van der Waals surface area contributed by atoms with Crippen molar-refractivity contribution in [3.8, 4) is 0 Å². The number of pyridine rings is 1. The number of ether oxygens (including phenoxy) is 1. The fourth-order valence-electron chi connectivity index (χ4n) is 2.24. The Bertz CT molecular complexity index is 587. The number of anilines is 1. The standard InChI is InChI=1S/C12H20N4O4S/c1-16(9-12(17)3-6-20-7-4-12)21(18,19)10-2-5-14-11(8-10)15-13/h2,5,8,17H,3-4,6-7,9,13H2,1H3,(H,14,15). The van der Waals surface area contributed by atoms with E-state index in [0.717, 1.165) is 4.31 Å². The summed E-state index contributed by atoms with van der Waals surface area (Å²) in [5.41, 5.74) is 1.25. The van der Waals surface area contributed by atoms with Gasteiger partial charge in [0.25, 0.3) is 0 Å². The van der Waals surface area contributed by atoms with Crippen LogP contribution in [0.4, 0.5) is 5.82 Å². The quantitative estimate of drug-likeness (QED) is 0.496. The molecule has 1 aliphatic heterocycles. The molecule has 0 spiro atoms. The Balaban J connectivity index is 2.18. The SMILES string of the molecule is CN(CC1(O)CCOCC1)S(=O)(=O)c1ccnc(NN)c1. The fraction of sp³-hybridized carbons (Fsp3) is 0.583. The molecule has 118 valence electrons. The van der Waals surface area contributed by atoms with E-state index in [0.29, 0.717) is 26.1 Å². The molecule has 0 aromatic carbocycles. The molecule has 1 saturated heterocycles. The number of hydrazine groups is 1. The van der Waals surface area contributed by atoms with Gasteiger partial charge in [-0.05, 0) is 6.07 Å². The second kappa shape index (κ2) is 6.24. The van der Waals surface area contributed by atoms with Crippen LogP contribution < -0.4 is 11.3 Å². The molecule has 1 fully saturated rings. The van der Waals surface area contributed by atoms with E-state index in [1.807, 2.05) is 0 Å². The molecule has 2 rings (SSSR count). The normalized spacial score (nSPS) is 18.7. The summed E-state index contributed by atoms with van der Waals surface area (Å²) in [5.74, 6) is 5.49. The number of likely N-dealkylation sites (N-methyl/N-ethyl adjacent to an activating group) is 1. The zero-order chi connectivity index (χ0) is 15.5. The van der Waals surface area contributed by atoms with E-state index in [-0.39, 0.29) is 17.3 Å². The summed E-state index contributed by atoms with van der Waals surface area (Å²) in [5, 5.41) is 10.4. The first kappa shape index (κ1) is 16.1. The maximum absolute atomic E-state index is 12.5. The van der Waals surface area contributed by atoms with Crippen molar-refractivity contribution in [3.63, 3.8) is 0 Å². The molecular formula is C12H20N4O4S. The van der Waals surface area contributed by atoms with E-state index in [2.05, 4.69) is 10.4 Å². The van der Waals surface area contributed by atoms with Gasteiger partial charge >= 0.3 is 0 Å². The summed E-state index contributed by atoms with van der Waals surface area (Å²) >= 11 is 0. The molecule has 0 bridgehead atoms. The number of aromatic nitrogens is 1. The number of nitrogens with one attached hydrogen (secondary N) is 1. The summed E-state index contributed by atoms with van der Waals surface area (Å²) in [4.78, 5) is 3.95. The van der Waals surface area contributed by atoms with Crippen molar-refractivity contribution < 1.29 is 18.3 Å². The van der Waals surface area contributed by atoms with Crippen LogP contribution in [0, 0.1) is 0 Å². The topological polar surface area (TPSA) is 118 Å². The van der Waals surface area contributed by atoms with Gasteiger partial charge in [0.2, 0.25) is 10.0 Å². The molecule has 0 aliphatic carbocycles. The van der Waals surface area contributed by atoms with E-state index in [9.17, 15) is 13.5 Å². The Morgan fingerprint density at radius 1 is 1.52 bits per heavy atom. The molecule has 0 amide bonds. The Labute approximate surface area is 123 Å². The third-order valence-corrected chi connectivity index (χ3v) is 5.33. The van der Waals surface area contributed by atoms with Gasteiger partial charge in [0.15, 0.2) is 0 Å². The maximum atomic E-state index is 12.5. The van der Waals surface area contributed by atoms with Crippen molar-refractivity contribution >= 4 is 15.8 Å². The molecule has 0 atom stereocenters. The lowest BCUT2D eigenvalue weighted by molar-refractivity contribution is -0.0689. The number of hydrogen-bond donors (Lipinski definition) is 3. The molecule has 2 heterocycles. The summed E-state index contributed by atoms with van der Waals surface area (Å²) in [6.45, 7) is 0.883. The van der Waals surface area contributed by atoms with Crippen molar-refractivity contribution in [2.45, 2.75) is 23.3 Å². The van der Waals surface area contributed by atoms with Gasteiger partial charge in [0, 0.05) is 51.9 Å². The fourth-order valence-corrected chi connectivity index (χ4v) is 3.50. The molecule has 0 radical (unpaired) electrons. The zero-order valence-electron chi connectivity index (χ0n) is 11.8. The second-order valence-electron chi connectivity index (χ2n) is 5.12. The highest BCUT2D eigenvalue weighted by Gasteiger charge is 2.35. The molecule has 1 aromatic heterocycles. The molecule has 9 heteroatoms. The minimum Gasteiger partial charge on any atom is -0.388 e. The summed E-state index contributed by atoms with van der Waals surface area (Å²) in [7, 11) is -2.27. The van der Waals surface area contributed by atoms with Gasteiger partial charge in [-0.1, -0.05) is 0 Å². The van der Waals surface area contributed by atoms with E-state index in [4.69, 9.17) is 10.6 Å². The monoisotopic (exact) mass is 316 g/mol. The van der Waals surface area contributed by atoms with Gasteiger partial charge in [-0.3, -0.25) is 0 Å². The largest absolute Gasteiger partial charge is 0.388 e. The smallest absolute Gasteiger partial charge is 0.243 e. The number of sulfonamides is 1. The van der Waals surface area contributed by atoms with Crippen LogP contribution in [-0.4, -0.2) is 55.2 Å². The van der Waals surface area contributed by atoms with Crippen LogP contribution >= 0.6 is 0 Å². The number of nitrogens with zero attached hydrogens (tertiary/aromatic N) is 2. The first-order chi connectivity index (χ1) is 9.87. The van der Waals surface area contributed by atoms with E-state index in [1.165, 1.54) is 25.4 Å². The van der Waals surface area contributed by atoms with Crippen LogP contribution in [0.3, 0.4) is 0 Å². The highest BCUT2D eigenvalue weighted by atomic mass is 32.2. The maximum Gasteiger partial charge on any atom is 0.243 e. The van der Waals surface area contributed by atoms with E-state index >= 15 is 0 Å². The average Bonchev–Trinajstić information content (AvgIpc) is 2.47. The number of hydrogen-bond acceptors (Lipinski definition) is 7. The molecule has 0 unspecified atom stereocenters. The van der Waals surface area contributed by atoms with Crippen molar-refractivity contribution in [2.24, 2.45) is 5.84 Å². The zero-order valence-corrected chi connectivity index (χ0v) is 12.6. The van der Waals surface area contributed by atoms with Crippen molar-refractivity contribution in [2.75, 3.05) is 32.2 Å². The van der Waals surface area contributed by atoms with Crippen LogP contribution in [0.25, 0.3) is 0 Å². The Morgan fingerprint density at radius 3 is 2.81 bits per heavy atom. The van der Waals surface area contributed by atoms with Gasteiger partial charge in [0.05, 0.1) is 10.5 Å². The highest BCUT2D eigenvalue weighted by molar-refractivity contribution is 7.89. The lowest BCUT2D eigenvalue weighted by atomic mass is 9.95. The van der Waals surface area contributed by atoms with Crippen LogP contribution in [-0.2, 0) is 14.8 Å².